The lowest BCUT2D eigenvalue weighted by Gasteiger charge is -2.42. The van der Waals surface area contributed by atoms with Gasteiger partial charge in [0.15, 0.2) is 5.82 Å². The molecule has 0 amide bonds. The highest BCUT2D eigenvalue weighted by atomic mass is 35.5. The highest BCUT2D eigenvalue weighted by Crippen LogP contribution is 2.34. The van der Waals surface area contributed by atoms with E-state index in [9.17, 15) is 8.42 Å². The van der Waals surface area contributed by atoms with Gasteiger partial charge in [0.2, 0.25) is 15.3 Å². The number of hydrogen-bond donors (Lipinski definition) is 0. The predicted molar refractivity (Wildman–Crippen MR) is 116 cm³/mol. The molecule has 4 rings (SSSR count). The standard InChI is InChI=1S/C18H26ClN5O3S2/c1-12-9-22(10-13(2)24(12)29(3,25)26)11-14-8-15-16(28-14)17(21-18(19)20-15)23-4-6-27-7-5-23/h8,12-13H,4-7,9-11H2,1-3H3/t12-,13+. The normalized spacial score (nSPS) is 25.0. The minimum absolute atomic E-state index is 0.0544. The quantitative estimate of drug-likeness (QED) is 0.647. The third kappa shape index (κ3) is 4.52. The number of ether oxygens (including phenoxy) is 1. The SMILES string of the molecule is C[C@@H]1CN(Cc2cc3nc(Cl)nc(N4CCOCC4)c3s2)C[C@H](C)N1S(C)(=O)=O. The Kier molecular flexibility index (Phi) is 6.02. The molecule has 160 valence electrons. The average Bonchev–Trinajstić information content (AvgIpc) is 3.01. The molecule has 2 fully saturated rings. The smallest absolute Gasteiger partial charge is 0.224 e. The summed E-state index contributed by atoms with van der Waals surface area (Å²) in [6.45, 7) is 9.04. The van der Waals surface area contributed by atoms with Crippen LogP contribution in [-0.2, 0) is 21.3 Å². The summed E-state index contributed by atoms with van der Waals surface area (Å²) in [5.41, 5.74) is 0.863. The number of fused-ring (bicyclic) bond motifs is 1. The number of nitrogens with zero attached hydrogens (tertiary/aromatic N) is 5. The summed E-state index contributed by atoms with van der Waals surface area (Å²) in [4.78, 5) is 14.6. The Hall–Kier alpha value is -1.04. The highest BCUT2D eigenvalue weighted by Gasteiger charge is 2.35. The molecule has 2 saturated heterocycles. The monoisotopic (exact) mass is 459 g/mol. The minimum atomic E-state index is -3.20. The third-order valence-corrected chi connectivity index (χ3v) is 8.12. The van der Waals surface area contributed by atoms with Gasteiger partial charge in [0, 0.05) is 49.7 Å². The van der Waals surface area contributed by atoms with Crippen molar-refractivity contribution in [1.82, 2.24) is 19.2 Å². The number of thiophene rings is 1. The number of halogens is 1. The van der Waals surface area contributed by atoms with E-state index in [0.717, 1.165) is 35.7 Å². The van der Waals surface area contributed by atoms with E-state index in [1.807, 2.05) is 13.8 Å². The molecule has 0 bridgehead atoms. The van der Waals surface area contributed by atoms with Crippen LogP contribution in [0.1, 0.15) is 18.7 Å². The van der Waals surface area contributed by atoms with Crippen molar-refractivity contribution in [2.45, 2.75) is 32.5 Å². The summed E-state index contributed by atoms with van der Waals surface area (Å²) in [7, 11) is -3.20. The summed E-state index contributed by atoms with van der Waals surface area (Å²) >= 11 is 7.88. The first-order valence-electron chi connectivity index (χ1n) is 9.72. The molecular weight excluding hydrogens is 434 g/mol. The van der Waals surface area contributed by atoms with Gasteiger partial charge in [0.05, 0.1) is 29.7 Å². The molecule has 8 nitrogen and oxygen atoms in total. The van der Waals surface area contributed by atoms with Crippen LogP contribution >= 0.6 is 22.9 Å². The van der Waals surface area contributed by atoms with Gasteiger partial charge in [-0.2, -0.15) is 9.29 Å². The number of sulfonamides is 1. The van der Waals surface area contributed by atoms with Crippen LogP contribution in [0.2, 0.25) is 5.28 Å². The number of morpholine rings is 1. The largest absolute Gasteiger partial charge is 0.378 e. The molecule has 0 radical (unpaired) electrons. The first kappa shape index (κ1) is 21.2. The predicted octanol–water partition coefficient (Wildman–Crippen LogP) is 2.04. The van der Waals surface area contributed by atoms with Crippen LogP contribution < -0.4 is 4.90 Å². The van der Waals surface area contributed by atoms with E-state index in [4.69, 9.17) is 16.3 Å². The molecule has 2 aromatic rings. The fraction of sp³-hybridized carbons (Fsp3) is 0.667. The summed E-state index contributed by atoms with van der Waals surface area (Å²) in [5.74, 6) is 0.878. The molecule has 0 spiro atoms. The van der Waals surface area contributed by atoms with Crippen molar-refractivity contribution < 1.29 is 13.2 Å². The Morgan fingerprint density at radius 3 is 2.48 bits per heavy atom. The lowest BCUT2D eigenvalue weighted by Crippen LogP contribution is -2.57. The minimum Gasteiger partial charge on any atom is -0.378 e. The van der Waals surface area contributed by atoms with E-state index in [1.165, 1.54) is 11.1 Å². The van der Waals surface area contributed by atoms with E-state index in [-0.39, 0.29) is 17.4 Å². The molecule has 2 aliphatic rings. The van der Waals surface area contributed by atoms with Crippen LogP contribution in [0.15, 0.2) is 6.07 Å². The molecule has 0 aromatic carbocycles. The topological polar surface area (TPSA) is 78.9 Å². The zero-order valence-corrected chi connectivity index (χ0v) is 19.2. The van der Waals surface area contributed by atoms with Gasteiger partial charge in [-0.3, -0.25) is 4.90 Å². The van der Waals surface area contributed by atoms with E-state index in [1.54, 1.807) is 15.6 Å². The van der Waals surface area contributed by atoms with Gasteiger partial charge in [-0.1, -0.05) is 0 Å². The van der Waals surface area contributed by atoms with Crippen molar-refractivity contribution in [1.29, 1.82) is 0 Å². The average molecular weight is 460 g/mol. The zero-order valence-electron chi connectivity index (χ0n) is 16.8. The molecule has 29 heavy (non-hydrogen) atoms. The summed E-state index contributed by atoms with van der Waals surface area (Å²) in [6.07, 6.45) is 1.29. The van der Waals surface area contributed by atoms with Gasteiger partial charge in [0.25, 0.3) is 0 Å². The van der Waals surface area contributed by atoms with Crippen LogP contribution in [0.5, 0.6) is 0 Å². The number of hydrogen-bond acceptors (Lipinski definition) is 8. The number of aromatic nitrogens is 2. The Morgan fingerprint density at radius 1 is 1.21 bits per heavy atom. The number of anilines is 1. The molecule has 0 aliphatic carbocycles. The van der Waals surface area contributed by atoms with Gasteiger partial charge in [-0.15, -0.1) is 11.3 Å². The van der Waals surface area contributed by atoms with Gasteiger partial charge in [-0.25, -0.2) is 13.4 Å². The molecule has 2 atom stereocenters. The maximum Gasteiger partial charge on any atom is 0.224 e. The molecule has 2 aromatic heterocycles. The number of piperazine rings is 1. The molecule has 0 saturated carbocycles. The van der Waals surface area contributed by atoms with Crippen molar-refractivity contribution in [3.05, 3.63) is 16.2 Å². The van der Waals surface area contributed by atoms with Gasteiger partial charge >= 0.3 is 0 Å². The second kappa shape index (κ2) is 8.24. The molecule has 11 heteroatoms. The number of rotatable bonds is 4. The van der Waals surface area contributed by atoms with Crippen LogP contribution in [0.3, 0.4) is 0 Å². The molecular formula is C18H26ClN5O3S2. The molecule has 2 aliphatic heterocycles. The van der Waals surface area contributed by atoms with Crippen molar-refractivity contribution in [2.75, 3.05) is 50.5 Å². The van der Waals surface area contributed by atoms with Crippen molar-refractivity contribution in [3.63, 3.8) is 0 Å². The fourth-order valence-electron chi connectivity index (χ4n) is 4.42. The first-order valence-corrected chi connectivity index (χ1v) is 12.8. The third-order valence-electron chi connectivity index (χ3n) is 5.36. The highest BCUT2D eigenvalue weighted by molar-refractivity contribution is 7.88. The molecule has 0 N–H and O–H groups in total. The Balaban J connectivity index is 1.56. The summed E-state index contributed by atoms with van der Waals surface area (Å²) in [6, 6.07) is 1.97. The van der Waals surface area contributed by atoms with Crippen LogP contribution in [0.4, 0.5) is 5.82 Å². The lowest BCUT2D eigenvalue weighted by molar-refractivity contribution is 0.0977. The second-order valence-electron chi connectivity index (χ2n) is 7.83. The van der Waals surface area contributed by atoms with Crippen molar-refractivity contribution in [2.24, 2.45) is 0 Å². The van der Waals surface area contributed by atoms with E-state index < -0.39 is 10.0 Å². The van der Waals surface area contributed by atoms with Crippen LogP contribution in [0.25, 0.3) is 10.2 Å². The van der Waals surface area contributed by atoms with Gasteiger partial charge < -0.3 is 9.64 Å². The summed E-state index contributed by atoms with van der Waals surface area (Å²) in [5, 5.41) is 0.257. The maximum absolute atomic E-state index is 12.1. The second-order valence-corrected chi connectivity index (χ2v) is 11.2. The Morgan fingerprint density at radius 2 is 1.86 bits per heavy atom. The van der Waals surface area contributed by atoms with Gasteiger partial charge in [-0.05, 0) is 31.5 Å². The van der Waals surface area contributed by atoms with E-state index in [0.29, 0.717) is 26.3 Å². The maximum atomic E-state index is 12.1. The Bertz CT molecular complexity index is 981. The van der Waals surface area contributed by atoms with E-state index >= 15 is 0 Å². The fourth-order valence-corrected chi connectivity index (χ4v) is 7.19. The molecule has 0 unspecified atom stereocenters. The van der Waals surface area contributed by atoms with E-state index in [2.05, 4.69) is 25.8 Å². The van der Waals surface area contributed by atoms with Crippen molar-refractivity contribution >= 4 is 49.0 Å². The van der Waals surface area contributed by atoms with Crippen LogP contribution in [-0.4, -0.2) is 85.3 Å². The summed E-state index contributed by atoms with van der Waals surface area (Å²) < 4.78 is 32.3. The lowest BCUT2D eigenvalue weighted by atomic mass is 10.1. The van der Waals surface area contributed by atoms with Gasteiger partial charge in [0.1, 0.15) is 0 Å². The van der Waals surface area contributed by atoms with Crippen LogP contribution in [0, 0.1) is 0 Å². The first-order chi connectivity index (χ1) is 13.7. The zero-order chi connectivity index (χ0) is 20.8. The molecule has 4 heterocycles. The van der Waals surface area contributed by atoms with Crippen molar-refractivity contribution in [3.8, 4) is 0 Å². The Labute approximate surface area is 180 Å².